The van der Waals surface area contributed by atoms with E-state index < -0.39 is 0 Å². The van der Waals surface area contributed by atoms with E-state index in [4.69, 9.17) is 5.73 Å². The Bertz CT molecular complexity index is 306. The number of nitrogens with one attached hydrogen (secondary N) is 1. The Labute approximate surface area is 84.1 Å². The molecule has 1 amide bonds. The lowest BCUT2D eigenvalue weighted by molar-refractivity contribution is -0.118. The number of hydrogen-bond acceptors (Lipinski definition) is 2. The van der Waals surface area contributed by atoms with Crippen LogP contribution in [0.3, 0.4) is 0 Å². The molecule has 1 aromatic heterocycles. The van der Waals surface area contributed by atoms with Crippen molar-refractivity contribution >= 4 is 5.91 Å². The molecule has 0 radical (unpaired) electrons. The van der Waals surface area contributed by atoms with E-state index in [2.05, 4.69) is 12.2 Å². The van der Waals surface area contributed by atoms with Crippen LogP contribution in [-0.4, -0.2) is 17.5 Å². The van der Waals surface area contributed by atoms with Crippen LogP contribution >= 0.6 is 0 Å². The summed E-state index contributed by atoms with van der Waals surface area (Å²) in [4.78, 5) is 10.6. The second kappa shape index (κ2) is 4.81. The fourth-order valence-electron chi connectivity index (χ4n) is 1.40. The number of hydrogen-bond donors (Lipinski definition) is 2. The predicted molar refractivity (Wildman–Crippen MR) is 55.7 cm³/mol. The van der Waals surface area contributed by atoms with Crippen molar-refractivity contribution in [3.8, 4) is 0 Å². The third-order valence-corrected chi connectivity index (χ3v) is 2.34. The number of nitrogens with zero attached hydrogens (tertiary/aromatic N) is 1. The highest BCUT2D eigenvalue weighted by Gasteiger charge is 2.07. The summed E-state index contributed by atoms with van der Waals surface area (Å²) in [6.45, 7) is 2.74. The fraction of sp³-hybridized carbons (Fsp3) is 0.500. The van der Waals surface area contributed by atoms with Crippen LogP contribution in [0.2, 0.25) is 0 Å². The van der Waals surface area contributed by atoms with Crippen LogP contribution in [0, 0.1) is 0 Å². The van der Waals surface area contributed by atoms with E-state index in [0.29, 0.717) is 13.0 Å². The average Bonchev–Trinajstić information content (AvgIpc) is 2.61. The largest absolute Gasteiger partial charge is 0.370 e. The molecule has 0 aliphatic rings. The minimum Gasteiger partial charge on any atom is -0.370 e. The molecule has 0 aliphatic heterocycles. The van der Waals surface area contributed by atoms with Gasteiger partial charge in [0.2, 0.25) is 5.91 Å². The topological polar surface area (TPSA) is 60.1 Å². The summed E-state index contributed by atoms with van der Waals surface area (Å²) >= 11 is 0. The van der Waals surface area contributed by atoms with Crippen LogP contribution in [0.15, 0.2) is 18.3 Å². The van der Waals surface area contributed by atoms with Crippen LogP contribution in [0.25, 0.3) is 0 Å². The number of primary amides is 1. The van der Waals surface area contributed by atoms with E-state index >= 15 is 0 Å². The zero-order valence-corrected chi connectivity index (χ0v) is 8.66. The third-order valence-electron chi connectivity index (χ3n) is 2.34. The molecule has 0 aliphatic carbocycles. The zero-order chi connectivity index (χ0) is 10.6. The number of carbonyl (C=O) groups is 1. The molecule has 78 valence electrons. The first-order valence-corrected chi connectivity index (χ1v) is 4.75. The molecule has 0 spiro atoms. The zero-order valence-electron chi connectivity index (χ0n) is 8.66. The van der Waals surface area contributed by atoms with Gasteiger partial charge in [0, 0.05) is 30.9 Å². The van der Waals surface area contributed by atoms with E-state index in [1.165, 1.54) is 5.69 Å². The van der Waals surface area contributed by atoms with Crippen LogP contribution in [0.5, 0.6) is 0 Å². The maximum Gasteiger partial charge on any atom is 0.219 e. The average molecular weight is 195 g/mol. The van der Waals surface area contributed by atoms with Gasteiger partial charge < -0.3 is 15.6 Å². The lowest BCUT2D eigenvalue weighted by atomic mass is 10.2. The quantitative estimate of drug-likeness (QED) is 0.724. The van der Waals surface area contributed by atoms with E-state index in [0.717, 1.165) is 0 Å². The van der Waals surface area contributed by atoms with Gasteiger partial charge in [-0.2, -0.15) is 0 Å². The highest BCUT2D eigenvalue weighted by Crippen LogP contribution is 2.12. The Morgan fingerprint density at radius 2 is 2.43 bits per heavy atom. The maximum atomic E-state index is 10.6. The normalized spacial score (nSPS) is 12.7. The van der Waals surface area contributed by atoms with Crippen molar-refractivity contribution in [3.63, 3.8) is 0 Å². The minimum absolute atomic E-state index is 0.262. The van der Waals surface area contributed by atoms with Crippen molar-refractivity contribution in [1.29, 1.82) is 0 Å². The first-order valence-electron chi connectivity index (χ1n) is 4.75. The molecule has 1 heterocycles. The molecule has 0 fully saturated rings. The minimum atomic E-state index is -0.262. The molecular weight excluding hydrogens is 178 g/mol. The molecule has 0 bridgehead atoms. The van der Waals surface area contributed by atoms with E-state index in [-0.39, 0.29) is 11.9 Å². The van der Waals surface area contributed by atoms with E-state index in [9.17, 15) is 4.79 Å². The van der Waals surface area contributed by atoms with Gasteiger partial charge in [0.25, 0.3) is 0 Å². The molecule has 4 heteroatoms. The van der Waals surface area contributed by atoms with E-state index in [1.807, 2.05) is 29.9 Å². The monoisotopic (exact) mass is 195 g/mol. The number of aromatic nitrogens is 1. The number of nitrogens with two attached hydrogens (primary N) is 1. The first-order chi connectivity index (χ1) is 6.65. The lowest BCUT2D eigenvalue weighted by Gasteiger charge is -2.14. The van der Waals surface area contributed by atoms with Crippen LogP contribution in [0.1, 0.15) is 25.1 Å². The van der Waals surface area contributed by atoms with Gasteiger partial charge in [-0.25, -0.2) is 0 Å². The number of aryl methyl sites for hydroxylation is 1. The van der Waals surface area contributed by atoms with Crippen LogP contribution in [0.4, 0.5) is 0 Å². The van der Waals surface area contributed by atoms with Crippen molar-refractivity contribution in [2.45, 2.75) is 25.9 Å². The lowest BCUT2D eigenvalue weighted by Crippen LogP contribution is -2.19. The van der Waals surface area contributed by atoms with E-state index in [1.54, 1.807) is 0 Å². The first kappa shape index (κ1) is 10.8. The number of amides is 1. The molecule has 1 aromatic rings. The molecule has 1 atom stereocenters. The summed E-state index contributed by atoms with van der Waals surface area (Å²) in [7, 11) is 1.91. The SMILES string of the molecule is CNC(C)c1cccn1CCC(N)=O. The summed E-state index contributed by atoms with van der Waals surface area (Å²) in [5.74, 6) is -0.262. The van der Waals surface area contributed by atoms with Crippen LogP contribution in [-0.2, 0) is 11.3 Å². The second-order valence-electron chi connectivity index (χ2n) is 3.35. The Hall–Kier alpha value is -1.29. The maximum absolute atomic E-state index is 10.6. The van der Waals surface area contributed by atoms with Crippen molar-refractivity contribution in [1.82, 2.24) is 9.88 Å². The molecule has 4 nitrogen and oxygen atoms in total. The Morgan fingerprint density at radius 1 is 1.71 bits per heavy atom. The van der Waals surface area contributed by atoms with Gasteiger partial charge in [-0.1, -0.05) is 0 Å². The fourth-order valence-corrected chi connectivity index (χ4v) is 1.40. The van der Waals surface area contributed by atoms with Gasteiger partial charge in [0.15, 0.2) is 0 Å². The highest BCUT2D eigenvalue weighted by atomic mass is 16.1. The molecule has 3 N–H and O–H groups in total. The molecular formula is C10H17N3O. The molecule has 0 saturated carbocycles. The standard InChI is InChI=1S/C10H17N3O/c1-8(12-2)9-4-3-6-13(9)7-5-10(11)14/h3-4,6,8,12H,5,7H2,1-2H3,(H2,11,14). The molecule has 0 saturated heterocycles. The van der Waals surface area contributed by atoms with Gasteiger partial charge in [0.1, 0.15) is 0 Å². The summed E-state index contributed by atoms with van der Waals surface area (Å²) in [6, 6.07) is 4.31. The number of rotatable bonds is 5. The third kappa shape index (κ3) is 2.60. The van der Waals surface area contributed by atoms with Crippen molar-refractivity contribution in [3.05, 3.63) is 24.0 Å². The summed E-state index contributed by atoms with van der Waals surface area (Å²) in [6.07, 6.45) is 2.35. The Kier molecular flexibility index (Phi) is 3.71. The predicted octanol–water partition coefficient (Wildman–Crippen LogP) is 0.644. The molecule has 0 aromatic carbocycles. The van der Waals surface area contributed by atoms with Gasteiger partial charge in [0.05, 0.1) is 0 Å². The summed E-state index contributed by atoms with van der Waals surface area (Å²) in [5, 5.41) is 3.16. The van der Waals surface area contributed by atoms with Crippen molar-refractivity contribution < 1.29 is 4.79 Å². The Morgan fingerprint density at radius 3 is 3.00 bits per heavy atom. The molecule has 1 unspecified atom stereocenters. The van der Waals surface area contributed by atoms with Crippen molar-refractivity contribution in [2.24, 2.45) is 5.73 Å². The highest BCUT2D eigenvalue weighted by molar-refractivity contribution is 5.73. The van der Waals surface area contributed by atoms with Gasteiger partial charge in [-0.3, -0.25) is 4.79 Å². The molecule has 14 heavy (non-hydrogen) atoms. The molecule has 1 rings (SSSR count). The van der Waals surface area contributed by atoms with Crippen LogP contribution < -0.4 is 11.1 Å². The Balaban J connectivity index is 2.67. The van der Waals surface area contributed by atoms with Crippen molar-refractivity contribution in [2.75, 3.05) is 7.05 Å². The van der Waals surface area contributed by atoms with Gasteiger partial charge >= 0.3 is 0 Å². The van der Waals surface area contributed by atoms with Gasteiger partial charge in [-0.15, -0.1) is 0 Å². The van der Waals surface area contributed by atoms with Gasteiger partial charge in [-0.05, 0) is 26.1 Å². The second-order valence-corrected chi connectivity index (χ2v) is 3.35. The summed E-state index contributed by atoms with van der Waals surface area (Å²) < 4.78 is 2.05. The summed E-state index contributed by atoms with van der Waals surface area (Å²) in [5.41, 5.74) is 6.27. The number of carbonyl (C=O) groups excluding carboxylic acids is 1. The smallest absolute Gasteiger partial charge is 0.219 e.